The van der Waals surface area contributed by atoms with Crippen molar-refractivity contribution in [1.82, 2.24) is 0 Å². The van der Waals surface area contributed by atoms with Gasteiger partial charge in [0.1, 0.15) is 0 Å². The summed E-state index contributed by atoms with van der Waals surface area (Å²) in [7, 11) is 0. The highest BCUT2D eigenvalue weighted by atomic mass is 16.2. The number of anilines is 1. The highest BCUT2D eigenvalue weighted by molar-refractivity contribution is 5.95. The van der Waals surface area contributed by atoms with E-state index in [4.69, 9.17) is 5.73 Å². The predicted octanol–water partition coefficient (Wildman–Crippen LogP) is 2.23. The first-order chi connectivity index (χ1) is 7.43. The first-order valence-corrected chi connectivity index (χ1v) is 5.56. The van der Waals surface area contributed by atoms with E-state index in [0.29, 0.717) is 0 Å². The number of nitrogens with two attached hydrogens (primary N) is 1. The van der Waals surface area contributed by atoms with Crippen molar-refractivity contribution < 1.29 is 4.79 Å². The summed E-state index contributed by atoms with van der Waals surface area (Å²) in [5.41, 5.74) is 8.88. The van der Waals surface area contributed by atoms with Crippen LogP contribution in [0.15, 0.2) is 18.2 Å². The molecule has 0 aliphatic carbocycles. The van der Waals surface area contributed by atoms with E-state index in [2.05, 4.69) is 5.32 Å². The fourth-order valence-electron chi connectivity index (χ4n) is 1.41. The molecule has 1 rings (SSSR count). The van der Waals surface area contributed by atoms with E-state index in [1.165, 1.54) is 0 Å². The van der Waals surface area contributed by atoms with E-state index in [1.807, 2.05) is 45.9 Å². The molecule has 16 heavy (non-hydrogen) atoms. The van der Waals surface area contributed by atoms with Crippen LogP contribution in [0.4, 0.5) is 5.69 Å². The molecule has 0 aliphatic rings. The Hall–Kier alpha value is -1.35. The number of aryl methyl sites for hydroxylation is 1. The molecule has 1 atom stereocenters. The molecule has 0 unspecified atom stereocenters. The van der Waals surface area contributed by atoms with Crippen molar-refractivity contribution in [2.75, 3.05) is 5.32 Å². The number of rotatable bonds is 3. The van der Waals surface area contributed by atoms with Crippen molar-refractivity contribution in [3.05, 3.63) is 29.3 Å². The van der Waals surface area contributed by atoms with Crippen LogP contribution in [0.2, 0.25) is 0 Å². The predicted molar refractivity (Wildman–Crippen MR) is 67.4 cm³/mol. The highest BCUT2D eigenvalue weighted by Crippen LogP contribution is 2.18. The number of hydrogen-bond donors (Lipinski definition) is 2. The van der Waals surface area contributed by atoms with Crippen molar-refractivity contribution in [2.45, 2.75) is 33.7 Å². The van der Waals surface area contributed by atoms with Gasteiger partial charge in [0.15, 0.2) is 0 Å². The lowest BCUT2D eigenvalue weighted by molar-refractivity contribution is -0.118. The molecule has 1 amide bonds. The average Bonchev–Trinajstić information content (AvgIpc) is 2.23. The number of hydrogen-bond acceptors (Lipinski definition) is 2. The molecule has 0 saturated heterocycles. The molecule has 3 N–H and O–H groups in total. The first-order valence-electron chi connectivity index (χ1n) is 5.56. The SMILES string of the molecule is Cc1cccc(NC(=O)[C@H](N)C(C)C)c1C. The number of amides is 1. The molecular formula is C13H20N2O. The molecule has 0 spiro atoms. The Morgan fingerprint density at radius 1 is 1.31 bits per heavy atom. The van der Waals surface area contributed by atoms with Gasteiger partial charge in [-0.3, -0.25) is 4.79 Å². The van der Waals surface area contributed by atoms with Crippen molar-refractivity contribution in [3.8, 4) is 0 Å². The Morgan fingerprint density at radius 3 is 2.50 bits per heavy atom. The van der Waals surface area contributed by atoms with Crippen LogP contribution >= 0.6 is 0 Å². The zero-order valence-corrected chi connectivity index (χ0v) is 10.4. The van der Waals surface area contributed by atoms with Crippen LogP contribution in [0, 0.1) is 19.8 Å². The summed E-state index contributed by atoms with van der Waals surface area (Å²) >= 11 is 0. The minimum absolute atomic E-state index is 0.122. The summed E-state index contributed by atoms with van der Waals surface area (Å²) in [6, 6.07) is 5.39. The zero-order chi connectivity index (χ0) is 12.3. The second kappa shape index (κ2) is 5.12. The molecule has 0 radical (unpaired) electrons. The Balaban J connectivity index is 2.81. The number of benzene rings is 1. The minimum Gasteiger partial charge on any atom is -0.324 e. The second-order valence-corrected chi connectivity index (χ2v) is 4.51. The van der Waals surface area contributed by atoms with Gasteiger partial charge in [0.2, 0.25) is 5.91 Å². The molecule has 0 fully saturated rings. The third-order valence-electron chi connectivity index (χ3n) is 2.88. The largest absolute Gasteiger partial charge is 0.324 e. The normalized spacial score (nSPS) is 12.6. The third kappa shape index (κ3) is 2.83. The third-order valence-corrected chi connectivity index (χ3v) is 2.88. The summed E-state index contributed by atoms with van der Waals surface area (Å²) in [5.74, 6) is 0.0221. The topological polar surface area (TPSA) is 55.1 Å². The van der Waals surface area contributed by atoms with Crippen LogP contribution in [0.5, 0.6) is 0 Å². The van der Waals surface area contributed by atoms with E-state index in [0.717, 1.165) is 16.8 Å². The Bertz CT molecular complexity index is 386. The molecule has 88 valence electrons. The van der Waals surface area contributed by atoms with E-state index < -0.39 is 6.04 Å². The van der Waals surface area contributed by atoms with E-state index in [-0.39, 0.29) is 11.8 Å². The van der Waals surface area contributed by atoms with Crippen molar-refractivity contribution in [3.63, 3.8) is 0 Å². The zero-order valence-electron chi connectivity index (χ0n) is 10.4. The molecule has 0 aliphatic heterocycles. The van der Waals surface area contributed by atoms with Crippen molar-refractivity contribution in [1.29, 1.82) is 0 Å². The molecule has 3 nitrogen and oxygen atoms in total. The van der Waals surface area contributed by atoms with Gasteiger partial charge in [0.25, 0.3) is 0 Å². The summed E-state index contributed by atoms with van der Waals surface area (Å²) < 4.78 is 0. The quantitative estimate of drug-likeness (QED) is 0.820. The van der Waals surface area contributed by atoms with Crippen LogP contribution in [-0.2, 0) is 4.79 Å². The van der Waals surface area contributed by atoms with Gasteiger partial charge in [-0.1, -0.05) is 26.0 Å². The fourth-order valence-corrected chi connectivity index (χ4v) is 1.41. The molecule has 0 heterocycles. The second-order valence-electron chi connectivity index (χ2n) is 4.51. The lowest BCUT2D eigenvalue weighted by atomic mass is 10.0. The fraction of sp³-hybridized carbons (Fsp3) is 0.462. The minimum atomic E-state index is -0.458. The highest BCUT2D eigenvalue weighted by Gasteiger charge is 2.17. The summed E-state index contributed by atoms with van der Waals surface area (Å²) in [6.45, 7) is 7.89. The van der Waals surface area contributed by atoms with Gasteiger partial charge in [0.05, 0.1) is 6.04 Å². The van der Waals surface area contributed by atoms with E-state index >= 15 is 0 Å². The molecule has 0 bridgehead atoms. The van der Waals surface area contributed by atoms with Crippen LogP contribution in [0.1, 0.15) is 25.0 Å². The molecule has 3 heteroatoms. The maximum absolute atomic E-state index is 11.8. The summed E-state index contributed by atoms with van der Waals surface area (Å²) in [5, 5.41) is 2.87. The number of nitrogens with one attached hydrogen (secondary N) is 1. The van der Waals surface area contributed by atoms with Crippen LogP contribution in [-0.4, -0.2) is 11.9 Å². The lowest BCUT2D eigenvalue weighted by Gasteiger charge is -2.17. The van der Waals surface area contributed by atoms with Gasteiger partial charge in [-0.15, -0.1) is 0 Å². The molecule has 1 aromatic rings. The molecule has 1 aromatic carbocycles. The van der Waals surface area contributed by atoms with Crippen LogP contribution in [0.25, 0.3) is 0 Å². The number of carbonyl (C=O) groups is 1. The maximum Gasteiger partial charge on any atom is 0.241 e. The standard InChI is InChI=1S/C13H20N2O/c1-8(2)12(14)13(16)15-11-7-5-6-9(3)10(11)4/h5-8,12H,14H2,1-4H3,(H,15,16)/t12-/m1/s1. The Kier molecular flexibility index (Phi) is 4.07. The van der Waals surface area contributed by atoms with E-state index in [1.54, 1.807) is 0 Å². The maximum atomic E-state index is 11.8. The first kappa shape index (κ1) is 12.7. The smallest absolute Gasteiger partial charge is 0.241 e. The Morgan fingerprint density at radius 2 is 1.94 bits per heavy atom. The lowest BCUT2D eigenvalue weighted by Crippen LogP contribution is -2.39. The van der Waals surface area contributed by atoms with Gasteiger partial charge in [-0.05, 0) is 37.0 Å². The van der Waals surface area contributed by atoms with Gasteiger partial charge < -0.3 is 11.1 Å². The molecule has 0 aromatic heterocycles. The molecule has 0 saturated carbocycles. The van der Waals surface area contributed by atoms with Crippen LogP contribution < -0.4 is 11.1 Å². The Labute approximate surface area is 97.0 Å². The summed E-state index contributed by atoms with van der Waals surface area (Å²) in [4.78, 5) is 11.8. The van der Waals surface area contributed by atoms with Crippen LogP contribution in [0.3, 0.4) is 0 Å². The number of carbonyl (C=O) groups excluding carboxylic acids is 1. The summed E-state index contributed by atoms with van der Waals surface area (Å²) in [6.07, 6.45) is 0. The van der Waals surface area contributed by atoms with E-state index in [9.17, 15) is 4.79 Å². The van der Waals surface area contributed by atoms with Gasteiger partial charge >= 0.3 is 0 Å². The van der Waals surface area contributed by atoms with Gasteiger partial charge in [0, 0.05) is 5.69 Å². The average molecular weight is 220 g/mol. The monoisotopic (exact) mass is 220 g/mol. The van der Waals surface area contributed by atoms with Crippen molar-refractivity contribution >= 4 is 11.6 Å². The van der Waals surface area contributed by atoms with Gasteiger partial charge in [-0.2, -0.15) is 0 Å². The van der Waals surface area contributed by atoms with Crippen molar-refractivity contribution in [2.24, 2.45) is 11.7 Å². The molecular weight excluding hydrogens is 200 g/mol. The van der Waals surface area contributed by atoms with Gasteiger partial charge in [-0.25, -0.2) is 0 Å².